The first-order valence-electron chi connectivity index (χ1n) is 10.1. The lowest BCUT2D eigenvalue weighted by molar-refractivity contribution is -0.0167. The van der Waals surface area contributed by atoms with Gasteiger partial charge in [0.25, 0.3) is 0 Å². The lowest BCUT2D eigenvalue weighted by atomic mass is 9.81. The van der Waals surface area contributed by atoms with Crippen LogP contribution in [0.25, 0.3) is 0 Å². The number of hydrogen-bond donors (Lipinski definition) is 1. The van der Waals surface area contributed by atoms with E-state index in [1.807, 2.05) is 0 Å². The van der Waals surface area contributed by atoms with Gasteiger partial charge in [0.15, 0.2) is 17.3 Å². The lowest BCUT2D eigenvalue weighted by Crippen LogP contribution is -2.44. The summed E-state index contributed by atoms with van der Waals surface area (Å²) in [5.41, 5.74) is 1.11. The summed E-state index contributed by atoms with van der Waals surface area (Å²) in [6.07, 6.45) is -0.356. The number of aliphatic hydroxyl groups is 1. The molecular weight excluding hydrogens is 512 g/mol. The normalized spacial score (nSPS) is 24.9. The number of carbonyl (C=O) groups excluding carboxylic acids is 1. The van der Waals surface area contributed by atoms with Gasteiger partial charge in [-0.3, -0.25) is 4.79 Å². The van der Waals surface area contributed by atoms with E-state index in [2.05, 4.69) is 22.6 Å². The molecule has 0 fully saturated rings. The summed E-state index contributed by atoms with van der Waals surface area (Å²) in [4.78, 5) is 13.6. The lowest BCUT2D eigenvalue weighted by Gasteiger charge is -2.37. The van der Waals surface area contributed by atoms with Gasteiger partial charge < -0.3 is 28.8 Å². The molecule has 164 valence electrons. The van der Waals surface area contributed by atoms with Crippen molar-refractivity contribution in [2.45, 2.75) is 37.1 Å². The second-order valence-corrected chi connectivity index (χ2v) is 9.04. The van der Waals surface area contributed by atoms with Crippen LogP contribution in [0.2, 0.25) is 0 Å². The molecule has 5 rings (SSSR count). The van der Waals surface area contributed by atoms with Crippen LogP contribution in [0.3, 0.4) is 0 Å². The largest absolute Gasteiger partial charge is 0.493 e. The fraction of sp³-hybridized carbons (Fsp3) is 0.435. The van der Waals surface area contributed by atoms with E-state index in [1.54, 1.807) is 45.4 Å². The summed E-state index contributed by atoms with van der Waals surface area (Å²) in [5, 5.41) is 10.7. The predicted molar refractivity (Wildman–Crippen MR) is 121 cm³/mol. The van der Waals surface area contributed by atoms with E-state index in [0.29, 0.717) is 45.2 Å². The van der Waals surface area contributed by atoms with Crippen molar-refractivity contribution in [3.63, 3.8) is 0 Å². The summed E-state index contributed by atoms with van der Waals surface area (Å²) in [5.74, 6) is 2.37. The maximum absolute atomic E-state index is 13.6. The first kappa shape index (κ1) is 20.7. The van der Waals surface area contributed by atoms with Crippen molar-refractivity contribution in [3.8, 4) is 28.7 Å². The number of benzene rings is 2. The first-order chi connectivity index (χ1) is 14.9. The average Bonchev–Trinajstić information content (AvgIpc) is 3.23. The Morgan fingerprint density at radius 3 is 2.61 bits per heavy atom. The van der Waals surface area contributed by atoms with E-state index < -0.39 is 17.6 Å². The molecule has 2 aromatic carbocycles. The van der Waals surface area contributed by atoms with Gasteiger partial charge >= 0.3 is 0 Å². The van der Waals surface area contributed by atoms with E-state index in [9.17, 15) is 9.90 Å². The Morgan fingerprint density at radius 2 is 1.90 bits per heavy atom. The second-order valence-electron chi connectivity index (χ2n) is 8.27. The molecule has 7 nitrogen and oxygen atoms in total. The molecule has 0 saturated heterocycles. The number of Topliss-reactive ketones (excluding diaryl/α,β-unsaturated/α-hetero) is 1. The third-order valence-corrected chi connectivity index (χ3v) is 7.83. The molecule has 0 bridgehead atoms. The monoisotopic (exact) mass is 535 g/mol. The molecule has 3 heterocycles. The number of hydrogen-bond acceptors (Lipinski definition) is 7. The van der Waals surface area contributed by atoms with Crippen molar-refractivity contribution in [1.82, 2.24) is 0 Å². The molecule has 3 aliphatic heterocycles. The zero-order chi connectivity index (χ0) is 21.9. The van der Waals surface area contributed by atoms with Crippen molar-refractivity contribution in [2.75, 3.05) is 25.3 Å². The van der Waals surface area contributed by atoms with Crippen LogP contribution in [-0.4, -0.2) is 54.0 Å². The predicted octanol–water partition coefficient (Wildman–Crippen LogP) is 3.31. The van der Waals surface area contributed by atoms with Crippen LogP contribution in [0.15, 0.2) is 24.3 Å². The molecule has 0 spiro atoms. The van der Waals surface area contributed by atoms with Crippen LogP contribution in [0.5, 0.6) is 28.7 Å². The van der Waals surface area contributed by atoms with Crippen molar-refractivity contribution in [2.24, 2.45) is 0 Å². The summed E-state index contributed by atoms with van der Waals surface area (Å²) in [6, 6.07) is 7.10. The molecule has 0 radical (unpaired) electrons. The molecule has 2 aromatic rings. The van der Waals surface area contributed by atoms with Gasteiger partial charge in [-0.1, -0.05) is 22.6 Å². The number of carbonyl (C=O) groups is 1. The summed E-state index contributed by atoms with van der Waals surface area (Å²) in [7, 11) is 3.12. The molecule has 8 heteroatoms. The quantitative estimate of drug-likeness (QED) is 0.475. The number of alkyl halides is 1. The maximum Gasteiger partial charge on any atom is 0.178 e. The first-order valence-corrected chi connectivity index (χ1v) is 11.6. The van der Waals surface area contributed by atoms with Gasteiger partial charge in [-0.05, 0) is 25.1 Å². The van der Waals surface area contributed by atoms with Crippen LogP contribution < -0.4 is 23.7 Å². The van der Waals surface area contributed by atoms with E-state index >= 15 is 0 Å². The Hall–Kier alpha value is -2.20. The van der Waals surface area contributed by atoms with Gasteiger partial charge in [-0.25, -0.2) is 0 Å². The van der Waals surface area contributed by atoms with Gasteiger partial charge in [0.1, 0.15) is 41.7 Å². The van der Waals surface area contributed by atoms with Gasteiger partial charge in [-0.2, -0.15) is 0 Å². The Morgan fingerprint density at radius 1 is 1.16 bits per heavy atom. The molecule has 4 atom stereocenters. The van der Waals surface area contributed by atoms with E-state index in [4.69, 9.17) is 23.7 Å². The van der Waals surface area contributed by atoms with Crippen molar-refractivity contribution in [3.05, 3.63) is 41.0 Å². The Kier molecular flexibility index (Phi) is 4.97. The minimum absolute atomic E-state index is 0.0186. The zero-order valence-corrected chi connectivity index (χ0v) is 19.6. The topological polar surface area (TPSA) is 83.5 Å². The minimum atomic E-state index is -0.976. The van der Waals surface area contributed by atoms with Crippen molar-refractivity contribution >= 4 is 28.4 Å². The number of ketones is 1. The Balaban J connectivity index is 1.55. The average molecular weight is 535 g/mol. The van der Waals surface area contributed by atoms with E-state index in [1.165, 1.54) is 0 Å². The number of halogens is 1. The fourth-order valence-corrected chi connectivity index (χ4v) is 4.99. The highest BCUT2D eigenvalue weighted by molar-refractivity contribution is 14.1. The summed E-state index contributed by atoms with van der Waals surface area (Å²) >= 11 is 2.15. The third kappa shape index (κ3) is 3.14. The number of ether oxygens (including phenoxy) is 5. The molecule has 1 N–H and O–H groups in total. The highest BCUT2D eigenvalue weighted by atomic mass is 124. The Labute approximate surface area is 193 Å². The molecule has 0 saturated carbocycles. The molecule has 1 unspecified atom stereocenters. The highest BCUT2D eigenvalue weighted by Gasteiger charge is 2.47. The zero-order valence-electron chi connectivity index (χ0n) is 17.4. The smallest absolute Gasteiger partial charge is 0.178 e. The van der Waals surface area contributed by atoms with Gasteiger partial charge in [0.2, 0.25) is 0 Å². The SMILES string of the molecule is COc1cc2c(cc1OC)[C@@H]1C(=O)c3ccc4c(c3O[C@@H]1CO2)CC([C@](C)(O)C[124I])O4. The van der Waals surface area contributed by atoms with Crippen LogP contribution >= 0.6 is 22.6 Å². The van der Waals surface area contributed by atoms with Crippen molar-refractivity contribution < 1.29 is 33.6 Å². The fourth-order valence-electron chi connectivity index (χ4n) is 4.50. The maximum atomic E-state index is 13.6. The minimum Gasteiger partial charge on any atom is -0.493 e. The molecule has 0 amide bonds. The van der Waals surface area contributed by atoms with Crippen LogP contribution in [0, 0.1) is 0 Å². The summed E-state index contributed by atoms with van der Waals surface area (Å²) < 4.78 is 29.6. The third-order valence-electron chi connectivity index (χ3n) is 6.28. The van der Waals surface area contributed by atoms with Crippen LogP contribution in [0.1, 0.15) is 34.3 Å². The van der Waals surface area contributed by atoms with E-state index in [0.717, 1.165) is 11.1 Å². The number of rotatable bonds is 4. The molecule has 0 aliphatic carbocycles. The molecule has 31 heavy (non-hydrogen) atoms. The summed E-state index contributed by atoms with van der Waals surface area (Å²) in [6.45, 7) is 2.01. The van der Waals surface area contributed by atoms with Crippen LogP contribution in [0.4, 0.5) is 0 Å². The van der Waals surface area contributed by atoms with Gasteiger partial charge in [0, 0.05) is 28.0 Å². The van der Waals surface area contributed by atoms with Crippen molar-refractivity contribution in [1.29, 1.82) is 0 Å². The Bertz CT molecular complexity index is 1060. The molecule has 0 aromatic heterocycles. The number of methoxy groups -OCH3 is 2. The second kappa shape index (κ2) is 7.44. The number of fused-ring (bicyclic) bond motifs is 6. The van der Waals surface area contributed by atoms with E-state index in [-0.39, 0.29) is 18.5 Å². The van der Waals surface area contributed by atoms with Crippen LogP contribution in [-0.2, 0) is 6.42 Å². The van der Waals surface area contributed by atoms with Gasteiger partial charge in [-0.15, -0.1) is 0 Å². The highest BCUT2D eigenvalue weighted by Crippen LogP contribution is 2.50. The molecule has 3 aliphatic rings. The van der Waals surface area contributed by atoms with Gasteiger partial charge in [0.05, 0.1) is 25.7 Å². The standard InChI is InChI=1S/C23H23IO7/c1-23(26,10-24)19-7-13-14(30-19)5-4-11-21(25)20-12-6-16(27-2)17(28-3)8-15(12)29-9-18(20)31-22(11)13/h4-6,8,18-20,26H,7,9-10H2,1-3H3/t18-,19?,20+,23-/m1/s1/i24-3. The molecular formula is C23H23IO7.